The van der Waals surface area contributed by atoms with Crippen molar-refractivity contribution < 1.29 is 15.0 Å². The number of fused-ring (bicyclic) bond motifs is 4. The zero-order valence-corrected chi connectivity index (χ0v) is 16.4. The number of carbonyl (C=O) groups is 1. The third-order valence-corrected chi connectivity index (χ3v) is 7.90. The van der Waals surface area contributed by atoms with Crippen molar-refractivity contribution in [2.24, 2.45) is 5.92 Å². The van der Waals surface area contributed by atoms with Crippen molar-refractivity contribution in [1.29, 1.82) is 0 Å². The van der Waals surface area contributed by atoms with E-state index < -0.39 is 0 Å². The first-order chi connectivity index (χ1) is 13.1. The zero-order valence-electron chi connectivity index (χ0n) is 14.9. The second-order valence-electron chi connectivity index (χ2n) is 8.43. The summed E-state index contributed by atoms with van der Waals surface area (Å²) in [6.45, 7) is 1.99. The molecule has 140 valence electrons. The lowest BCUT2D eigenvalue weighted by atomic mass is 9.57. The SMILES string of the molecule is O=C1CC=C2[C@@H]3C[C@H]4N(CC[C@]45c4cc(O)c(O)cc4N1[C@H]25)C/C3=C\CBr. The number of carbonyl (C=O) groups excluding carboxylic acids is 1. The molecule has 3 fully saturated rings. The van der Waals surface area contributed by atoms with Crippen LogP contribution in [-0.4, -0.2) is 51.5 Å². The fourth-order valence-electron chi connectivity index (χ4n) is 6.66. The molecular weight excluding hydrogens is 408 g/mol. The first kappa shape index (κ1) is 16.2. The van der Waals surface area contributed by atoms with Crippen LogP contribution in [0.3, 0.4) is 0 Å². The van der Waals surface area contributed by atoms with Crippen LogP contribution in [0.4, 0.5) is 5.69 Å². The minimum absolute atomic E-state index is 0.0164. The van der Waals surface area contributed by atoms with Gasteiger partial charge in [-0.15, -0.1) is 0 Å². The lowest BCUT2D eigenvalue weighted by molar-refractivity contribution is -0.118. The van der Waals surface area contributed by atoms with Crippen molar-refractivity contribution in [1.82, 2.24) is 4.90 Å². The smallest absolute Gasteiger partial charge is 0.231 e. The highest BCUT2D eigenvalue weighted by Gasteiger charge is 2.67. The van der Waals surface area contributed by atoms with Crippen molar-refractivity contribution in [3.63, 3.8) is 0 Å². The van der Waals surface area contributed by atoms with Crippen LogP contribution in [0.1, 0.15) is 24.8 Å². The van der Waals surface area contributed by atoms with E-state index in [0.29, 0.717) is 18.4 Å². The summed E-state index contributed by atoms with van der Waals surface area (Å²) in [6.07, 6.45) is 6.94. The Kier molecular flexibility index (Phi) is 3.10. The number of nitrogens with zero attached hydrogens (tertiary/aromatic N) is 2. The Morgan fingerprint density at radius 3 is 2.93 bits per heavy atom. The van der Waals surface area contributed by atoms with E-state index in [0.717, 1.165) is 42.5 Å². The van der Waals surface area contributed by atoms with Gasteiger partial charge in [0.2, 0.25) is 5.91 Å². The summed E-state index contributed by atoms with van der Waals surface area (Å²) < 4.78 is 0. The lowest BCUT2D eigenvalue weighted by Crippen LogP contribution is -2.62. The molecule has 27 heavy (non-hydrogen) atoms. The van der Waals surface area contributed by atoms with E-state index >= 15 is 0 Å². The molecule has 1 aromatic carbocycles. The molecule has 0 aromatic heterocycles. The topological polar surface area (TPSA) is 64.0 Å². The second kappa shape index (κ2) is 5.17. The Morgan fingerprint density at radius 2 is 2.11 bits per heavy atom. The molecule has 6 rings (SSSR count). The van der Waals surface area contributed by atoms with Gasteiger partial charge in [-0.2, -0.15) is 0 Å². The number of phenolic OH excluding ortho intramolecular Hbond substituents is 2. The Balaban J connectivity index is 1.64. The monoisotopic (exact) mass is 428 g/mol. The van der Waals surface area contributed by atoms with E-state index in [9.17, 15) is 15.0 Å². The van der Waals surface area contributed by atoms with Crippen LogP contribution in [0.5, 0.6) is 11.5 Å². The van der Waals surface area contributed by atoms with Crippen molar-refractivity contribution in [2.45, 2.75) is 36.8 Å². The zero-order chi connectivity index (χ0) is 18.5. The average molecular weight is 429 g/mol. The van der Waals surface area contributed by atoms with Gasteiger partial charge in [0.15, 0.2) is 11.5 Å². The third-order valence-electron chi connectivity index (χ3n) is 7.58. The van der Waals surface area contributed by atoms with E-state index in [1.54, 1.807) is 12.1 Å². The van der Waals surface area contributed by atoms with Crippen LogP contribution >= 0.6 is 15.9 Å². The number of halogens is 1. The number of alkyl halides is 1. The summed E-state index contributed by atoms with van der Waals surface area (Å²) in [4.78, 5) is 17.5. The van der Waals surface area contributed by atoms with Crippen molar-refractivity contribution in [3.05, 3.63) is 41.0 Å². The van der Waals surface area contributed by atoms with Gasteiger partial charge in [-0.05, 0) is 36.6 Å². The largest absolute Gasteiger partial charge is 0.504 e. The number of hydrogen-bond acceptors (Lipinski definition) is 4. The van der Waals surface area contributed by atoms with Gasteiger partial charge in [0.05, 0.1) is 11.7 Å². The summed E-state index contributed by atoms with van der Waals surface area (Å²) in [5, 5.41) is 21.2. The van der Waals surface area contributed by atoms with Crippen LogP contribution in [0.15, 0.2) is 35.4 Å². The molecule has 2 bridgehead atoms. The number of rotatable bonds is 1. The Morgan fingerprint density at radius 1 is 1.30 bits per heavy atom. The molecule has 1 spiro atoms. The van der Waals surface area contributed by atoms with Gasteiger partial charge in [-0.3, -0.25) is 9.69 Å². The summed E-state index contributed by atoms with van der Waals surface area (Å²) in [5.41, 5.74) is 4.50. The van der Waals surface area contributed by atoms with Gasteiger partial charge in [0, 0.05) is 41.7 Å². The predicted molar refractivity (Wildman–Crippen MR) is 105 cm³/mol. The Hall–Kier alpha value is -1.79. The number of amides is 1. The van der Waals surface area contributed by atoms with Gasteiger partial charge in [0.25, 0.3) is 0 Å². The fourth-order valence-corrected chi connectivity index (χ4v) is 7.08. The number of phenols is 2. The molecule has 1 aliphatic carbocycles. The average Bonchev–Trinajstić information content (AvgIpc) is 3.17. The van der Waals surface area contributed by atoms with E-state index in [-0.39, 0.29) is 28.9 Å². The van der Waals surface area contributed by atoms with Crippen molar-refractivity contribution in [2.75, 3.05) is 23.3 Å². The molecule has 5 aliphatic rings. The number of hydrogen-bond donors (Lipinski definition) is 2. The molecule has 0 radical (unpaired) electrons. The normalized spacial score (nSPS) is 37.4. The molecule has 2 N–H and O–H groups in total. The predicted octanol–water partition coefficient (Wildman–Crippen LogP) is 2.81. The van der Waals surface area contributed by atoms with Crippen molar-refractivity contribution in [3.8, 4) is 11.5 Å². The van der Waals surface area contributed by atoms with Crippen LogP contribution in [-0.2, 0) is 10.2 Å². The van der Waals surface area contributed by atoms with E-state index in [2.05, 4.69) is 33.0 Å². The minimum Gasteiger partial charge on any atom is -0.504 e. The highest BCUT2D eigenvalue weighted by Crippen LogP contribution is 2.64. The first-order valence-electron chi connectivity index (χ1n) is 9.63. The second-order valence-corrected chi connectivity index (χ2v) is 9.08. The summed E-state index contributed by atoms with van der Waals surface area (Å²) in [6, 6.07) is 3.71. The maximum Gasteiger partial charge on any atom is 0.231 e. The molecule has 6 heteroatoms. The summed E-state index contributed by atoms with van der Waals surface area (Å²) in [7, 11) is 0. The van der Waals surface area contributed by atoms with Crippen LogP contribution in [0.2, 0.25) is 0 Å². The van der Waals surface area contributed by atoms with Crippen molar-refractivity contribution >= 4 is 27.5 Å². The van der Waals surface area contributed by atoms with Gasteiger partial charge >= 0.3 is 0 Å². The van der Waals surface area contributed by atoms with Gasteiger partial charge in [-0.1, -0.05) is 33.7 Å². The number of piperidine rings is 1. The Labute approximate surface area is 166 Å². The number of anilines is 1. The Bertz CT molecular complexity index is 955. The standard InChI is InChI=1S/C21H21BrN2O3/c22-5-3-11-10-23-6-4-21-14-8-16(25)17(26)9-15(14)24-19(27)2-1-12(20(21)24)13(11)7-18(21)23/h1,3,8-9,13,18,20,25-26H,2,4-7,10H2/b11-3+/t13-,18-,20-,21+/m1/s1. The van der Waals surface area contributed by atoms with E-state index in [4.69, 9.17) is 0 Å². The first-order valence-corrected chi connectivity index (χ1v) is 10.8. The molecule has 4 heterocycles. The highest BCUT2D eigenvalue weighted by molar-refractivity contribution is 9.09. The molecule has 4 atom stereocenters. The van der Waals surface area contributed by atoms with Gasteiger partial charge < -0.3 is 15.1 Å². The molecule has 1 saturated carbocycles. The quantitative estimate of drug-likeness (QED) is 0.410. The van der Waals surface area contributed by atoms with Gasteiger partial charge in [0.1, 0.15) is 0 Å². The summed E-state index contributed by atoms with van der Waals surface area (Å²) in [5.74, 6) is 0.256. The molecule has 5 nitrogen and oxygen atoms in total. The van der Waals surface area contributed by atoms with Crippen LogP contribution in [0.25, 0.3) is 0 Å². The van der Waals surface area contributed by atoms with E-state index in [1.807, 2.05) is 4.90 Å². The minimum atomic E-state index is -0.168. The number of allylic oxidation sites excluding steroid dienone is 1. The molecule has 1 amide bonds. The van der Waals surface area contributed by atoms with E-state index in [1.165, 1.54) is 11.1 Å². The number of aromatic hydroxyl groups is 2. The third kappa shape index (κ3) is 1.77. The number of benzene rings is 1. The molecule has 1 aromatic rings. The molecule has 2 saturated heterocycles. The van der Waals surface area contributed by atoms with Crippen LogP contribution < -0.4 is 4.90 Å². The fraction of sp³-hybridized carbons (Fsp3) is 0.476. The summed E-state index contributed by atoms with van der Waals surface area (Å²) >= 11 is 3.56. The van der Waals surface area contributed by atoms with Crippen LogP contribution in [0, 0.1) is 5.92 Å². The molecule has 4 aliphatic heterocycles. The highest BCUT2D eigenvalue weighted by atomic mass is 79.9. The molecule has 0 unspecified atom stereocenters. The maximum absolute atomic E-state index is 13.0. The lowest BCUT2D eigenvalue weighted by Gasteiger charge is -2.54. The maximum atomic E-state index is 13.0. The van der Waals surface area contributed by atoms with Gasteiger partial charge in [-0.25, -0.2) is 0 Å². The molecular formula is C21H21BrN2O3.